The van der Waals surface area contributed by atoms with Gasteiger partial charge in [-0.25, -0.2) is 0 Å². The van der Waals surface area contributed by atoms with Gasteiger partial charge in [0.05, 0.1) is 7.11 Å². The molecule has 1 heterocycles. The molecular formula is C36H41NO6. The Kier molecular flexibility index (Phi) is 8.12. The average Bonchev–Trinajstić information content (AvgIpc) is 2.92. The number of benzene rings is 2. The Morgan fingerprint density at radius 3 is 2.07 bits per heavy atom. The molecule has 1 N–H and O–H groups in total. The summed E-state index contributed by atoms with van der Waals surface area (Å²) in [6.45, 7) is 12.1. The highest BCUT2D eigenvalue weighted by molar-refractivity contribution is 6.07. The predicted molar refractivity (Wildman–Crippen MR) is 165 cm³/mol. The zero-order valence-electron chi connectivity index (χ0n) is 25.8. The van der Waals surface area contributed by atoms with E-state index in [9.17, 15) is 19.5 Å². The van der Waals surface area contributed by atoms with Crippen LogP contribution in [-0.2, 0) is 27.4 Å². The summed E-state index contributed by atoms with van der Waals surface area (Å²) in [7, 11) is 1.58. The number of methoxy groups -OCH3 is 1. The second-order valence-corrected chi connectivity index (χ2v) is 13.5. The number of nitrogens with zero attached hydrogens (tertiary/aromatic N) is 1. The fourth-order valence-corrected chi connectivity index (χ4v) is 6.91. The first kappa shape index (κ1) is 30.3. The lowest BCUT2D eigenvalue weighted by Gasteiger charge is -2.48. The SMILES string of the molecule is C=CCc1cc(C2C3=C(CC(C)(C)CC3=O)N(CC(=O)O)C3=C2C(=O)CC(C)(C)C3)cc(OC)c1OCc1ccccc1. The number of aliphatic carboxylic acids is 1. The minimum Gasteiger partial charge on any atom is -0.493 e. The highest BCUT2D eigenvalue weighted by Gasteiger charge is 2.49. The van der Waals surface area contributed by atoms with Crippen molar-refractivity contribution < 1.29 is 29.0 Å². The van der Waals surface area contributed by atoms with Crippen LogP contribution >= 0.6 is 0 Å². The van der Waals surface area contributed by atoms with Gasteiger partial charge in [0.1, 0.15) is 13.2 Å². The summed E-state index contributed by atoms with van der Waals surface area (Å²) >= 11 is 0. The van der Waals surface area contributed by atoms with Gasteiger partial charge in [0.15, 0.2) is 23.1 Å². The van der Waals surface area contributed by atoms with Gasteiger partial charge in [0, 0.05) is 46.9 Å². The molecule has 7 nitrogen and oxygen atoms in total. The third-order valence-electron chi connectivity index (χ3n) is 8.61. The van der Waals surface area contributed by atoms with Crippen LogP contribution < -0.4 is 9.47 Å². The third kappa shape index (κ3) is 6.03. The number of Topliss-reactive ketones (excluding diaryl/α,β-unsaturated/α-hetero) is 2. The lowest BCUT2D eigenvalue weighted by molar-refractivity contribution is -0.138. The van der Waals surface area contributed by atoms with Crippen molar-refractivity contribution in [1.82, 2.24) is 4.90 Å². The molecule has 5 rings (SSSR count). The number of carboxylic acid groups (broad SMARTS) is 1. The van der Waals surface area contributed by atoms with E-state index in [1.54, 1.807) is 18.1 Å². The minimum absolute atomic E-state index is 0.0514. The molecule has 0 saturated carbocycles. The molecule has 226 valence electrons. The summed E-state index contributed by atoms with van der Waals surface area (Å²) in [6.07, 6.45) is 4.00. The van der Waals surface area contributed by atoms with Crippen LogP contribution in [0.25, 0.3) is 0 Å². The number of hydrogen-bond donors (Lipinski definition) is 1. The lowest BCUT2D eigenvalue weighted by Crippen LogP contribution is -2.45. The van der Waals surface area contributed by atoms with Crippen LogP contribution in [0.15, 0.2) is 77.7 Å². The van der Waals surface area contributed by atoms with E-state index in [1.807, 2.05) is 70.2 Å². The molecule has 0 atom stereocenters. The van der Waals surface area contributed by atoms with Gasteiger partial charge in [0.2, 0.25) is 0 Å². The largest absolute Gasteiger partial charge is 0.493 e. The number of hydrogen-bond acceptors (Lipinski definition) is 6. The predicted octanol–water partition coefficient (Wildman–Crippen LogP) is 6.77. The summed E-state index contributed by atoms with van der Waals surface area (Å²) in [5.74, 6) is -0.626. The zero-order valence-corrected chi connectivity index (χ0v) is 25.8. The van der Waals surface area contributed by atoms with Gasteiger partial charge in [-0.3, -0.25) is 14.4 Å². The molecule has 7 heteroatoms. The topological polar surface area (TPSA) is 93.1 Å². The van der Waals surface area contributed by atoms with Crippen LogP contribution in [-0.4, -0.2) is 41.2 Å². The van der Waals surface area contributed by atoms with Crippen molar-refractivity contribution in [2.24, 2.45) is 10.8 Å². The Labute approximate surface area is 253 Å². The average molecular weight is 584 g/mol. The molecule has 0 bridgehead atoms. The zero-order chi connectivity index (χ0) is 31.1. The maximum atomic E-state index is 14.0. The van der Waals surface area contributed by atoms with Crippen molar-refractivity contribution in [2.75, 3.05) is 13.7 Å². The Bertz CT molecular complexity index is 1490. The van der Waals surface area contributed by atoms with E-state index < -0.39 is 11.9 Å². The Hall–Kier alpha value is -4.13. The molecule has 0 fully saturated rings. The van der Waals surface area contributed by atoms with Crippen molar-refractivity contribution in [2.45, 2.75) is 72.3 Å². The number of ketones is 2. The van der Waals surface area contributed by atoms with Gasteiger partial charge in [-0.2, -0.15) is 0 Å². The molecule has 0 radical (unpaired) electrons. The van der Waals surface area contributed by atoms with Crippen molar-refractivity contribution in [3.63, 3.8) is 0 Å². The highest BCUT2D eigenvalue weighted by Crippen LogP contribution is 2.55. The van der Waals surface area contributed by atoms with E-state index in [0.717, 1.165) is 16.7 Å². The van der Waals surface area contributed by atoms with Crippen molar-refractivity contribution >= 4 is 17.5 Å². The summed E-state index contributed by atoms with van der Waals surface area (Å²) in [6, 6.07) is 13.7. The van der Waals surface area contributed by atoms with E-state index >= 15 is 0 Å². The summed E-state index contributed by atoms with van der Waals surface area (Å²) < 4.78 is 12.2. The van der Waals surface area contributed by atoms with Gasteiger partial charge < -0.3 is 19.5 Å². The van der Waals surface area contributed by atoms with Gasteiger partial charge in [-0.05, 0) is 47.3 Å². The number of allylic oxidation sites excluding steroid dienone is 5. The number of carbonyl (C=O) groups is 3. The molecule has 2 aliphatic carbocycles. The van der Waals surface area contributed by atoms with Gasteiger partial charge >= 0.3 is 5.97 Å². The second-order valence-electron chi connectivity index (χ2n) is 13.5. The maximum Gasteiger partial charge on any atom is 0.323 e. The minimum atomic E-state index is -1.00. The fourth-order valence-electron chi connectivity index (χ4n) is 6.91. The number of ether oxygens (including phenoxy) is 2. The highest BCUT2D eigenvalue weighted by atomic mass is 16.5. The molecule has 1 aliphatic heterocycles. The number of rotatable bonds is 9. The summed E-state index contributed by atoms with van der Waals surface area (Å²) in [5, 5.41) is 9.95. The van der Waals surface area contributed by atoms with E-state index in [4.69, 9.17) is 9.47 Å². The third-order valence-corrected chi connectivity index (χ3v) is 8.61. The molecular weight excluding hydrogens is 542 g/mol. The first-order valence-corrected chi connectivity index (χ1v) is 14.8. The normalized spacial score (nSPS) is 19.6. The quantitative estimate of drug-likeness (QED) is 0.326. The molecule has 43 heavy (non-hydrogen) atoms. The van der Waals surface area contributed by atoms with Crippen molar-refractivity contribution in [1.29, 1.82) is 0 Å². The Morgan fingerprint density at radius 2 is 1.56 bits per heavy atom. The maximum absolute atomic E-state index is 14.0. The van der Waals surface area contributed by atoms with Crippen LogP contribution in [0.4, 0.5) is 0 Å². The Balaban J connectivity index is 1.72. The van der Waals surface area contributed by atoms with Crippen LogP contribution in [0.5, 0.6) is 11.5 Å². The molecule has 0 saturated heterocycles. The van der Waals surface area contributed by atoms with Gasteiger partial charge in [-0.1, -0.05) is 70.2 Å². The lowest BCUT2D eigenvalue weighted by atomic mass is 9.63. The first-order valence-electron chi connectivity index (χ1n) is 14.8. The molecule has 0 aromatic heterocycles. The molecule has 0 unspecified atom stereocenters. The van der Waals surface area contributed by atoms with Crippen LogP contribution in [0.2, 0.25) is 0 Å². The fraction of sp³-hybridized carbons (Fsp3) is 0.417. The van der Waals surface area contributed by atoms with E-state index in [1.165, 1.54) is 0 Å². The molecule has 0 amide bonds. The van der Waals surface area contributed by atoms with Crippen molar-refractivity contribution in [3.05, 3.63) is 94.4 Å². The smallest absolute Gasteiger partial charge is 0.323 e. The monoisotopic (exact) mass is 583 g/mol. The number of carbonyl (C=O) groups excluding carboxylic acids is 2. The first-order chi connectivity index (χ1) is 20.3. The van der Waals surface area contributed by atoms with Gasteiger partial charge in [-0.15, -0.1) is 6.58 Å². The number of carboxylic acids is 1. The standard InChI is InChI=1S/C36H41NO6/c1-7-11-23-14-24(15-29(42-6)34(23)43-21-22-12-9-8-10-13-22)31-32-25(16-35(2,3)18-27(32)38)37(20-30(40)41)26-17-36(4,5)19-28(39)33(26)31/h7-10,12-15,31H,1,11,16-21H2,2-6H3,(H,40,41). The molecule has 2 aromatic rings. The van der Waals surface area contributed by atoms with Crippen LogP contribution in [0.1, 0.15) is 76.0 Å². The van der Waals surface area contributed by atoms with Crippen LogP contribution in [0, 0.1) is 10.8 Å². The van der Waals surface area contributed by atoms with Crippen molar-refractivity contribution in [3.8, 4) is 11.5 Å². The van der Waals surface area contributed by atoms with E-state index in [0.29, 0.717) is 72.8 Å². The molecule has 0 spiro atoms. The summed E-state index contributed by atoms with van der Waals surface area (Å²) in [4.78, 5) is 42.0. The van der Waals surface area contributed by atoms with Crippen LogP contribution in [0.3, 0.4) is 0 Å². The summed E-state index contributed by atoms with van der Waals surface area (Å²) in [5.41, 5.74) is 4.40. The molecule has 3 aliphatic rings. The van der Waals surface area contributed by atoms with Gasteiger partial charge in [0.25, 0.3) is 0 Å². The second kappa shape index (κ2) is 11.5. The van der Waals surface area contributed by atoms with E-state index in [-0.39, 0.29) is 28.9 Å². The van der Waals surface area contributed by atoms with E-state index in [2.05, 4.69) is 6.58 Å². The Morgan fingerprint density at radius 1 is 0.977 bits per heavy atom. The molecule has 2 aromatic carbocycles.